The first-order chi connectivity index (χ1) is 16.9. The van der Waals surface area contributed by atoms with Gasteiger partial charge in [-0.2, -0.15) is 8.78 Å². The summed E-state index contributed by atoms with van der Waals surface area (Å²) in [4.78, 5) is 0. The summed E-state index contributed by atoms with van der Waals surface area (Å²) in [6, 6.07) is 2.36. The molecule has 0 aliphatic carbocycles. The minimum Gasteiger partial charge on any atom is -0.498 e. The van der Waals surface area contributed by atoms with Crippen LogP contribution in [0.25, 0.3) is 16.7 Å². The first-order valence-electron chi connectivity index (χ1n) is 10.4. The number of halogens is 9. The van der Waals surface area contributed by atoms with Crippen LogP contribution in [0.15, 0.2) is 42.7 Å². The Labute approximate surface area is 198 Å². The zero-order chi connectivity index (χ0) is 26.4. The maximum Gasteiger partial charge on any atom is 0.432 e. The van der Waals surface area contributed by atoms with Gasteiger partial charge in [0.15, 0.2) is 17.5 Å². The minimum atomic E-state index is -4.72. The fourth-order valence-corrected chi connectivity index (χ4v) is 3.72. The van der Waals surface area contributed by atoms with Crippen molar-refractivity contribution in [3.8, 4) is 16.9 Å². The van der Waals surface area contributed by atoms with Crippen LogP contribution in [-0.2, 0) is 10.8 Å². The topological polar surface area (TPSA) is 18.5 Å². The van der Waals surface area contributed by atoms with Crippen LogP contribution in [0.3, 0.4) is 0 Å². The maximum absolute atomic E-state index is 14.7. The highest BCUT2D eigenvalue weighted by Gasteiger charge is 2.41. The van der Waals surface area contributed by atoms with Crippen LogP contribution in [0.1, 0.15) is 30.9 Å². The fourth-order valence-electron chi connectivity index (χ4n) is 3.72. The first kappa shape index (κ1) is 25.5. The monoisotopic (exact) mass is 518 g/mol. The summed E-state index contributed by atoms with van der Waals surface area (Å²) in [6.45, 7) is 1.78. The summed E-state index contributed by atoms with van der Waals surface area (Å²) in [5.41, 5.74) is -3.28. The SMILES string of the molecule is CC1CCC(c2cc(F)c(C(F)(F)Oc3cc(F)c(-c4cc(F)c(F)c(F)c4)c(F)c3)c(F)c2)=CO1. The summed E-state index contributed by atoms with van der Waals surface area (Å²) in [6.07, 6.45) is -2.62. The second-order valence-electron chi connectivity index (χ2n) is 8.08. The average molecular weight is 518 g/mol. The molecule has 190 valence electrons. The minimum absolute atomic E-state index is 0.0309. The van der Waals surface area contributed by atoms with E-state index in [-0.39, 0.29) is 23.8 Å². The Bertz CT molecular complexity index is 1300. The normalized spacial score (nSPS) is 15.9. The van der Waals surface area contributed by atoms with E-state index in [1.165, 1.54) is 6.26 Å². The van der Waals surface area contributed by atoms with Gasteiger partial charge >= 0.3 is 6.11 Å². The van der Waals surface area contributed by atoms with Crippen LogP contribution in [0.5, 0.6) is 5.75 Å². The molecule has 1 aliphatic heterocycles. The highest BCUT2D eigenvalue weighted by Crippen LogP contribution is 2.39. The molecule has 0 bridgehead atoms. The third-order valence-electron chi connectivity index (χ3n) is 5.50. The Kier molecular flexibility index (Phi) is 6.68. The first-order valence-corrected chi connectivity index (χ1v) is 10.4. The standard InChI is InChI=1S/C25H15F9O2/c1-11-2-3-12(10-35-11)13-4-18(28)23(19(29)5-13)25(33,34)36-15-8-16(26)22(17(27)9-15)14-6-20(30)24(32)21(31)7-14/h4-11H,2-3H2,1H3. The average Bonchev–Trinajstić information content (AvgIpc) is 2.76. The van der Waals surface area contributed by atoms with Gasteiger partial charge in [-0.3, -0.25) is 0 Å². The molecule has 36 heavy (non-hydrogen) atoms. The number of benzene rings is 3. The van der Waals surface area contributed by atoms with Crippen molar-refractivity contribution in [2.45, 2.75) is 32.0 Å². The van der Waals surface area contributed by atoms with Gasteiger partial charge in [-0.15, -0.1) is 0 Å². The van der Waals surface area contributed by atoms with Gasteiger partial charge in [0, 0.05) is 12.1 Å². The molecule has 0 spiro atoms. The van der Waals surface area contributed by atoms with Crippen molar-refractivity contribution in [1.29, 1.82) is 0 Å². The molecule has 1 heterocycles. The summed E-state index contributed by atoms with van der Waals surface area (Å²) in [5.74, 6) is -13.1. The number of ether oxygens (including phenoxy) is 2. The zero-order valence-electron chi connectivity index (χ0n) is 18.3. The fraction of sp³-hybridized carbons (Fsp3) is 0.200. The van der Waals surface area contributed by atoms with Crippen LogP contribution in [-0.4, -0.2) is 6.10 Å². The molecule has 0 amide bonds. The van der Waals surface area contributed by atoms with Gasteiger partial charge in [0.2, 0.25) is 0 Å². The van der Waals surface area contributed by atoms with Crippen molar-refractivity contribution >= 4 is 5.57 Å². The van der Waals surface area contributed by atoms with E-state index in [2.05, 4.69) is 4.74 Å². The second-order valence-corrected chi connectivity index (χ2v) is 8.08. The summed E-state index contributed by atoms with van der Waals surface area (Å²) >= 11 is 0. The molecule has 3 aromatic rings. The van der Waals surface area contributed by atoms with Crippen molar-refractivity contribution in [3.05, 3.63) is 94.5 Å². The molecular formula is C25H15F9O2. The van der Waals surface area contributed by atoms with Crippen molar-refractivity contribution in [3.63, 3.8) is 0 Å². The number of hydrogen-bond donors (Lipinski definition) is 0. The van der Waals surface area contributed by atoms with E-state index in [1.807, 2.05) is 0 Å². The van der Waals surface area contributed by atoms with Crippen molar-refractivity contribution in [2.24, 2.45) is 0 Å². The molecule has 11 heteroatoms. The Hall–Kier alpha value is -3.63. The third kappa shape index (κ3) is 4.87. The van der Waals surface area contributed by atoms with Crippen LogP contribution in [0.2, 0.25) is 0 Å². The van der Waals surface area contributed by atoms with Crippen molar-refractivity contribution < 1.29 is 49.0 Å². The van der Waals surface area contributed by atoms with Crippen molar-refractivity contribution in [1.82, 2.24) is 0 Å². The van der Waals surface area contributed by atoms with Crippen LogP contribution in [0, 0.1) is 40.7 Å². The van der Waals surface area contributed by atoms with Gasteiger partial charge in [-0.05, 0) is 60.7 Å². The smallest absolute Gasteiger partial charge is 0.432 e. The molecule has 0 saturated carbocycles. The molecule has 0 fully saturated rings. The van der Waals surface area contributed by atoms with Gasteiger partial charge in [0.05, 0.1) is 17.9 Å². The number of hydrogen-bond acceptors (Lipinski definition) is 2. The molecule has 3 aromatic carbocycles. The molecule has 0 N–H and O–H groups in total. The Morgan fingerprint density at radius 1 is 0.750 bits per heavy atom. The lowest BCUT2D eigenvalue weighted by Gasteiger charge is -2.22. The van der Waals surface area contributed by atoms with E-state index in [0.717, 1.165) is 0 Å². The van der Waals surface area contributed by atoms with E-state index in [4.69, 9.17) is 4.74 Å². The van der Waals surface area contributed by atoms with Crippen LogP contribution < -0.4 is 4.74 Å². The predicted molar refractivity (Wildman–Crippen MR) is 110 cm³/mol. The van der Waals surface area contributed by atoms with E-state index in [1.54, 1.807) is 6.92 Å². The molecule has 1 atom stereocenters. The molecule has 0 saturated heterocycles. The number of allylic oxidation sites excluding steroid dienone is 1. The predicted octanol–water partition coefficient (Wildman–Crippen LogP) is 8.00. The van der Waals surface area contributed by atoms with Gasteiger partial charge in [0.25, 0.3) is 0 Å². The molecule has 0 aromatic heterocycles. The number of alkyl halides is 2. The van der Waals surface area contributed by atoms with Gasteiger partial charge < -0.3 is 9.47 Å². The highest BCUT2D eigenvalue weighted by atomic mass is 19.3. The summed E-state index contributed by atoms with van der Waals surface area (Å²) in [7, 11) is 0. The Morgan fingerprint density at radius 3 is 1.78 bits per heavy atom. The van der Waals surface area contributed by atoms with Crippen molar-refractivity contribution in [2.75, 3.05) is 0 Å². The molecule has 2 nitrogen and oxygen atoms in total. The number of rotatable bonds is 5. The highest BCUT2D eigenvalue weighted by molar-refractivity contribution is 5.67. The molecule has 4 rings (SSSR count). The Morgan fingerprint density at radius 2 is 1.28 bits per heavy atom. The molecule has 1 aliphatic rings. The third-order valence-corrected chi connectivity index (χ3v) is 5.50. The van der Waals surface area contributed by atoms with E-state index in [0.29, 0.717) is 42.7 Å². The largest absolute Gasteiger partial charge is 0.498 e. The van der Waals surface area contributed by atoms with Crippen LogP contribution in [0.4, 0.5) is 39.5 Å². The lowest BCUT2D eigenvalue weighted by molar-refractivity contribution is -0.189. The van der Waals surface area contributed by atoms with Gasteiger partial charge in [-0.25, -0.2) is 30.7 Å². The lowest BCUT2D eigenvalue weighted by atomic mass is 9.97. The van der Waals surface area contributed by atoms with Gasteiger partial charge in [-0.1, -0.05) is 0 Å². The quantitative estimate of drug-likeness (QED) is 0.252. The van der Waals surface area contributed by atoms with E-state index >= 15 is 0 Å². The second kappa shape index (κ2) is 9.44. The Balaban J connectivity index is 1.65. The van der Waals surface area contributed by atoms with Gasteiger partial charge in [0.1, 0.15) is 34.6 Å². The summed E-state index contributed by atoms with van der Waals surface area (Å²) < 4.78 is 137. The van der Waals surface area contributed by atoms with Crippen LogP contribution >= 0.6 is 0 Å². The summed E-state index contributed by atoms with van der Waals surface area (Å²) in [5, 5.41) is 0. The molecule has 0 radical (unpaired) electrons. The van der Waals surface area contributed by atoms with E-state index in [9.17, 15) is 39.5 Å². The zero-order valence-corrected chi connectivity index (χ0v) is 18.3. The maximum atomic E-state index is 14.7. The molecular weight excluding hydrogens is 503 g/mol. The molecule has 1 unspecified atom stereocenters. The van der Waals surface area contributed by atoms with E-state index < -0.39 is 69.3 Å². The lowest BCUT2D eigenvalue weighted by Crippen LogP contribution is -2.25.